The zero-order valence-electron chi connectivity index (χ0n) is 14.3. The summed E-state index contributed by atoms with van der Waals surface area (Å²) in [4.78, 5) is 1.22. The Hall–Kier alpha value is -2.79. The maximum atomic E-state index is 6.38. The van der Waals surface area contributed by atoms with Gasteiger partial charge in [0.05, 0.1) is 29.3 Å². The molecule has 5 rings (SSSR count). The molecule has 5 heteroatoms. The molecule has 2 aliphatic rings. The summed E-state index contributed by atoms with van der Waals surface area (Å²) in [6.45, 7) is 0. The van der Waals surface area contributed by atoms with Gasteiger partial charge in [-0.3, -0.25) is 0 Å². The molecule has 2 aromatic carbocycles. The number of nitrogens with zero attached hydrogens (tertiary/aromatic N) is 2. The molecule has 0 radical (unpaired) electrons. The summed E-state index contributed by atoms with van der Waals surface area (Å²) in [5.74, 6) is 1.74. The van der Waals surface area contributed by atoms with Crippen LogP contribution in [0.5, 0.6) is 11.5 Å². The number of benzene rings is 2. The fourth-order valence-corrected chi connectivity index (χ4v) is 4.42. The zero-order chi connectivity index (χ0) is 17.5. The van der Waals surface area contributed by atoms with Crippen molar-refractivity contribution in [3.05, 3.63) is 82.0 Å². The summed E-state index contributed by atoms with van der Waals surface area (Å²) >= 11 is 1.73. The summed E-state index contributed by atoms with van der Waals surface area (Å²) < 4.78 is 12.0. The van der Waals surface area contributed by atoms with Crippen LogP contribution >= 0.6 is 11.3 Å². The number of para-hydroxylation sites is 2. The average molecular weight is 362 g/mol. The largest absolute Gasteiger partial charge is 0.496 e. The van der Waals surface area contributed by atoms with Gasteiger partial charge in [-0.15, -0.1) is 11.3 Å². The van der Waals surface area contributed by atoms with Crippen molar-refractivity contribution in [2.24, 2.45) is 5.10 Å². The monoisotopic (exact) mass is 362 g/mol. The first kappa shape index (κ1) is 15.5. The van der Waals surface area contributed by atoms with Crippen LogP contribution in [-0.4, -0.2) is 17.8 Å². The van der Waals surface area contributed by atoms with Gasteiger partial charge in [0.2, 0.25) is 6.23 Å². The molecule has 4 nitrogen and oxygen atoms in total. The van der Waals surface area contributed by atoms with Crippen molar-refractivity contribution in [2.75, 3.05) is 7.11 Å². The smallest absolute Gasteiger partial charge is 0.217 e. The van der Waals surface area contributed by atoms with Crippen molar-refractivity contribution >= 4 is 17.0 Å². The highest BCUT2D eigenvalue weighted by Gasteiger charge is 2.41. The van der Waals surface area contributed by atoms with Crippen LogP contribution in [0.2, 0.25) is 0 Å². The number of hydrazone groups is 1. The molecule has 0 saturated carbocycles. The molecule has 3 heterocycles. The third kappa shape index (κ3) is 2.39. The number of rotatable bonds is 3. The lowest BCUT2D eigenvalue weighted by Gasteiger charge is -2.38. The maximum absolute atomic E-state index is 6.38. The Morgan fingerprint density at radius 1 is 1.04 bits per heavy atom. The predicted octanol–water partition coefficient (Wildman–Crippen LogP) is 5.00. The minimum Gasteiger partial charge on any atom is -0.496 e. The Labute approximate surface area is 156 Å². The topological polar surface area (TPSA) is 34.1 Å². The van der Waals surface area contributed by atoms with Gasteiger partial charge in [-0.2, -0.15) is 5.10 Å². The fourth-order valence-electron chi connectivity index (χ4n) is 3.70. The second kappa shape index (κ2) is 6.18. The number of hydrogen-bond acceptors (Lipinski definition) is 5. The van der Waals surface area contributed by atoms with E-state index in [-0.39, 0.29) is 12.3 Å². The Balaban J connectivity index is 1.63. The Morgan fingerprint density at radius 2 is 1.85 bits per heavy atom. The highest BCUT2D eigenvalue weighted by Crippen LogP contribution is 2.48. The number of methoxy groups -OCH3 is 1. The Bertz CT molecular complexity index is 968. The minimum atomic E-state index is -0.302. The van der Waals surface area contributed by atoms with Gasteiger partial charge >= 0.3 is 0 Å². The molecule has 2 atom stereocenters. The van der Waals surface area contributed by atoms with Crippen LogP contribution in [0.15, 0.2) is 71.1 Å². The van der Waals surface area contributed by atoms with Crippen molar-refractivity contribution in [1.82, 2.24) is 5.01 Å². The molecule has 0 fully saturated rings. The lowest BCUT2D eigenvalue weighted by molar-refractivity contribution is -0.0203. The molecular formula is C21H18N2O2S. The average Bonchev–Trinajstić information content (AvgIpc) is 3.37. The van der Waals surface area contributed by atoms with Gasteiger partial charge in [0.25, 0.3) is 0 Å². The summed E-state index contributed by atoms with van der Waals surface area (Å²) in [6.07, 6.45) is 0.579. The fraction of sp³-hybridized carbons (Fsp3) is 0.190. The lowest BCUT2D eigenvalue weighted by atomic mass is 9.97. The maximum Gasteiger partial charge on any atom is 0.217 e. The summed E-state index contributed by atoms with van der Waals surface area (Å²) in [5, 5.41) is 9.15. The van der Waals surface area contributed by atoms with Crippen LogP contribution in [-0.2, 0) is 0 Å². The number of thiophene rings is 1. The van der Waals surface area contributed by atoms with Crippen LogP contribution in [0.4, 0.5) is 0 Å². The molecule has 26 heavy (non-hydrogen) atoms. The molecule has 0 saturated heterocycles. The molecular weight excluding hydrogens is 344 g/mol. The first-order valence-corrected chi connectivity index (χ1v) is 9.51. The molecule has 0 N–H and O–H groups in total. The highest BCUT2D eigenvalue weighted by atomic mass is 32.1. The van der Waals surface area contributed by atoms with Gasteiger partial charge in [-0.05, 0) is 29.6 Å². The van der Waals surface area contributed by atoms with E-state index < -0.39 is 0 Å². The minimum absolute atomic E-state index is 0.173. The van der Waals surface area contributed by atoms with Crippen LogP contribution in [0.1, 0.15) is 34.7 Å². The van der Waals surface area contributed by atoms with E-state index in [1.807, 2.05) is 36.4 Å². The van der Waals surface area contributed by atoms with E-state index in [0.717, 1.165) is 29.2 Å². The van der Waals surface area contributed by atoms with E-state index in [1.54, 1.807) is 18.4 Å². The molecule has 130 valence electrons. The van der Waals surface area contributed by atoms with Crippen molar-refractivity contribution in [1.29, 1.82) is 0 Å². The molecule has 0 spiro atoms. The van der Waals surface area contributed by atoms with Crippen LogP contribution < -0.4 is 9.47 Å². The Morgan fingerprint density at radius 3 is 2.65 bits per heavy atom. The quantitative estimate of drug-likeness (QED) is 0.658. The molecule has 0 amide bonds. The molecule has 0 aliphatic carbocycles. The second-order valence-electron chi connectivity index (χ2n) is 6.37. The molecule has 1 aromatic heterocycles. The van der Waals surface area contributed by atoms with Gasteiger partial charge in [0.15, 0.2) is 0 Å². The van der Waals surface area contributed by atoms with Gasteiger partial charge in [0, 0.05) is 12.0 Å². The van der Waals surface area contributed by atoms with E-state index >= 15 is 0 Å². The van der Waals surface area contributed by atoms with Crippen LogP contribution in [0, 0.1) is 0 Å². The summed E-state index contributed by atoms with van der Waals surface area (Å²) in [5.41, 5.74) is 3.30. The third-order valence-corrected chi connectivity index (χ3v) is 5.83. The first-order valence-electron chi connectivity index (χ1n) is 8.63. The standard InChI is InChI=1S/C21H18N2O2S/c1-24-18-9-4-3-8-15(18)21-23-17(14-7-2-5-10-19(14)25-21)13-16(22-23)20-11-6-12-26-20/h2-12,17,21H,13H2,1H3/t17-,21-/m0/s1. The zero-order valence-corrected chi connectivity index (χ0v) is 15.1. The van der Waals surface area contributed by atoms with Crippen molar-refractivity contribution in [3.63, 3.8) is 0 Å². The first-order chi connectivity index (χ1) is 12.8. The molecule has 2 aliphatic heterocycles. The molecule has 3 aromatic rings. The van der Waals surface area contributed by atoms with Gasteiger partial charge in [0.1, 0.15) is 11.5 Å². The van der Waals surface area contributed by atoms with Crippen molar-refractivity contribution in [2.45, 2.75) is 18.7 Å². The van der Waals surface area contributed by atoms with Gasteiger partial charge in [-0.25, -0.2) is 5.01 Å². The van der Waals surface area contributed by atoms with Crippen molar-refractivity contribution in [3.8, 4) is 11.5 Å². The van der Waals surface area contributed by atoms with Gasteiger partial charge in [-0.1, -0.05) is 36.4 Å². The number of ether oxygens (including phenoxy) is 2. The van der Waals surface area contributed by atoms with E-state index in [1.165, 1.54) is 10.4 Å². The highest BCUT2D eigenvalue weighted by molar-refractivity contribution is 7.12. The van der Waals surface area contributed by atoms with Crippen LogP contribution in [0.25, 0.3) is 0 Å². The number of hydrogen-bond donors (Lipinski definition) is 0. The summed E-state index contributed by atoms with van der Waals surface area (Å²) in [7, 11) is 1.69. The predicted molar refractivity (Wildman–Crippen MR) is 103 cm³/mol. The molecule has 0 bridgehead atoms. The van der Waals surface area contributed by atoms with E-state index in [9.17, 15) is 0 Å². The normalized spacial score (nSPS) is 20.8. The number of fused-ring (bicyclic) bond motifs is 3. The third-order valence-electron chi connectivity index (χ3n) is 4.91. The van der Waals surface area contributed by atoms with E-state index in [4.69, 9.17) is 14.6 Å². The summed E-state index contributed by atoms with van der Waals surface area (Å²) in [6, 6.07) is 20.6. The lowest BCUT2D eigenvalue weighted by Crippen LogP contribution is -2.33. The Kier molecular flexibility index (Phi) is 3.68. The molecule has 0 unspecified atom stereocenters. The van der Waals surface area contributed by atoms with Gasteiger partial charge < -0.3 is 9.47 Å². The van der Waals surface area contributed by atoms with Crippen molar-refractivity contribution < 1.29 is 9.47 Å². The van der Waals surface area contributed by atoms with Crippen LogP contribution in [0.3, 0.4) is 0 Å². The van der Waals surface area contributed by atoms with E-state index in [0.29, 0.717) is 0 Å². The SMILES string of the molecule is COc1ccccc1[C@@H]1Oc2ccccc2[C@@H]2CC(c3cccs3)=NN21. The second-order valence-corrected chi connectivity index (χ2v) is 7.32. The van der Waals surface area contributed by atoms with E-state index in [2.05, 4.69) is 34.7 Å².